The first kappa shape index (κ1) is 26.1. The number of halogens is 1. The van der Waals surface area contributed by atoms with Gasteiger partial charge < -0.3 is 14.9 Å². The summed E-state index contributed by atoms with van der Waals surface area (Å²) in [4.78, 5) is 33.7. The van der Waals surface area contributed by atoms with E-state index in [9.17, 15) is 14.7 Å². The highest BCUT2D eigenvalue weighted by atomic mass is 19.1. The minimum Gasteiger partial charge on any atom is -0.481 e. The Morgan fingerprint density at radius 1 is 1.13 bits per heavy atom. The lowest BCUT2D eigenvalue weighted by molar-refractivity contribution is -0.147. The van der Waals surface area contributed by atoms with Gasteiger partial charge in [-0.05, 0) is 63.3 Å². The van der Waals surface area contributed by atoms with E-state index >= 15 is 4.39 Å². The zero-order valence-electron chi connectivity index (χ0n) is 22.4. The maximum absolute atomic E-state index is 15.4. The van der Waals surface area contributed by atoms with Gasteiger partial charge in [-0.3, -0.25) is 9.59 Å². The van der Waals surface area contributed by atoms with Crippen LogP contribution in [0.2, 0.25) is 0 Å². The molecule has 8 nitrogen and oxygen atoms in total. The molecule has 2 atom stereocenters. The van der Waals surface area contributed by atoms with E-state index in [0.29, 0.717) is 60.6 Å². The van der Waals surface area contributed by atoms with Gasteiger partial charge in [0.15, 0.2) is 5.65 Å². The molecule has 0 bridgehead atoms. The van der Waals surface area contributed by atoms with Gasteiger partial charge in [0, 0.05) is 48.7 Å². The second-order valence-corrected chi connectivity index (χ2v) is 10.8. The lowest BCUT2D eigenvalue weighted by atomic mass is 9.84. The van der Waals surface area contributed by atoms with Crippen LogP contribution >= 0.6 is 0 Å². The number of aromatic nitrogens is 3. The van der Waals surface area contributed by atoms with Crippen molar-refractivity contribution in [2.24, 2.45) is 5.41 Å². The van der Waals surface area contributed by atoms with Crippen molar-refractivity contribution in [1.29, 1.82) is 0 Å². The highest BCUT2D eigenvalue weighted by molar-refractivity contribution is 5.93. The number of hydrogen-bond acceptors (Lipinski definition) is 5. The topological polar surface area (TPSA) is 91.0 Å². The van der Waals surface area contributed by atoms with E-state index in [-0.39, 0.29) is 11.9 Å². The SMILES string of the molecule is CCc1cc(C(=O)N2CCCCC[C@H]2C)nc2cc(-c3ccc(N4CCC(CC)(C(=O)O)C4)cc3F)nn12. The zero-order chi connectivity index (χ0) is 27.0. The molecule has 3 aromatic rings. The molecule has 1 N–H and O–H groups in total. The molecule has 2 fully saturated rings. The van der Waals surface area contributed by atoms with E-state index < -0.39 is 17.2 Å². The van der Waals surface area contributed by atoms with Gasteiger partial charge in [0.05, 0.1) is 11.1 Å². The number of amides is 1. The van der Waals surface area contributed by atoms with E-state index in [1.807, 2.05) is 29.7 Å². The van der Waals surface area contributed by atoms with E-state index in [1.165, 1.54) is 6.07 Å². The largest absolute Gasteiger partial charge is 0.481 e. The third kappa shape index (κ3) is 4.63. The highest BCUT2D eigenvalue weighted by Crippen LogP contribution is 2.38. The summed E-state index contributed by atoms with van der Waals surface area (Å²) in [5.41, 5.74) is 2.41. The molecule has 38 heavy (non-hydrogen) atoms. The maximum atomic E-state index is 15.4. The molecule has 2 aliphatic heterocycles. The van der Waals surface area contributed by atoms with Gasteiger partial charge in [0.25, 0.3) is 5.91 Å². The second kappa shape index (κ2) is 10.3. The number of rotatable bonds is 6. The molecule has 5 rings (SSSR count). The fourth-order valence-corrected chi connectivity index (χ4v) is 5.87. The van der Waals surface area contributed by atoms with Gasteiger partial charge >= 0.3 is 5.97 Å². The number of fused-ring (bicyclic) bond motifs is 1. The lowest BCUT2D eigenvalue weighted by Gasteiger charge is -2.27. The van der Waals surface area contributed by atoms with Crippen LogP contribution in [0.1, 0.15) is 75.5 Å². The smallest absolute Gasteiger partial charge is 0.311 e. The van der Waals surface area contributed by atoms with Crippen LogP contribution in [-0.4, -0.2) is 62.2 Å². The summed E-state index contributed by atoms with van der Waals surface area (Å²) in [6.07, 6.45) is 5.98. The minimum absolute atomic E-state index is 0.0648. The third-order valence-corrected chi connectivity index (χ3v) is 8.47. The fraction of sp³-hybridized carbons (Fsp3) is 0.517. The summed E-state index contributed by atoms with van der Waals surface area (Å²) < 4.78 is 17.1. The van der Waals surface area contributed by atoms with Crippen molar-refractivity contribution in [3.05, 3.63) is 47.5 Å². The number of carboxylic acid groups (broad SMARTS) is 1. The summed E-state index contributed by atoms with van der Waals surface area (Å²) in [5, 5.41) is 14.3. The van der Waals surface area contributed by atoms with Crippen molar-refractivity contribution in [2.45, 2.75) is 71.8 Å². The van der Waals surface area contributed by atoms with Crippen LogP contribution in [0.3, 0.4) is 0 Å². The van der Waals surface area contributed by atoms with Crippen LogP contribution in [0.4, 0.5) is 10.1 Å². The Bertz CT molecular complexity index is 1370. The molecule has 202 valence electrons. The van der Waals surface area contributed by atoms with Gasteiger partial charge in [-0.1, -0.05) is 26.7 Å². The van der Waals surface area contributed by atoms with Crippen LogP contribution in [0, 0.1) is 11.2 Å². The standard InChI is InChI=1S/C29H36FN5O3/c1-4-20-16-25(27(36)34-13-8-6-7-9-19(34)3)31-26-17-24(32-35(20)26)22-11-10-21(15-23(22)30)33-14-12-29(5-2,18-33)28(37)38/h10-11,15-17,19H,4-9,12-14,18H2,1-3H3,(H,37,38)/t19-,29?/m1/s1. The first-order valence-electron chi connectivity index (χ1n) is 13.7. The number of aliphatic carboxylic acids is 1. The van der Waals surface area contributed by atoms with Crippen LogP contribution in [0.25, 0.3) is 16.9 Å². The minimum atomic E-state index is -0.799. The molecule has 1 amide bonds. The number of likely N-dealkylation sites (tertiary alicyclic amines) is 1. The highest BCUT2D eigenvalue weighted by Gasteiger charge is 2.43. The fourth-order valence-electron chi connectivity index (χ4n) is 5.87. The van der Waals surface area contributed by atoms with Crippen molar-refractivity contribution >= 4 is 23.2 Å². The van der Waals surface area contributed by atoms with Crippen molar-refractivity contribution in [1.82, 2.24) is 19.5 Å². The Labute approximate surface area is 222 Å². The van der Waals surface area contributed by atoms with E-state index in [2.05, 4.69) is 17.0 Å². The Morgan fingerprint density at radius 2 is 1.95 bits per heavy atom. The van der Waals surface area contributed by atoms with Gasteiger partial charge in [0.2, 0.25) is 0 Å². The summed E-state index contributed by atoms with van der Waals surface area (Å²) in [5.74, 6) is -1.29. The molecule has 0 saturated carbocycles. The summed E-state index contributed by atoms with van der Waals surface area (Å²) in [6, 6.07) is 8.67. The number of hydrogen-bond donors (Lipinski definition) is 1. The Kier molecular flexibility index (Phi) is 7.11. The first-order valence-corrected chi connectivity index (χ1v) is 13.7. The van der Waals surface area contributed by atoms with Gasteiger partial charge in [-0.15, -0.1) is 0 Å². The average molecular weight is 522 g/mol. The van der Waals surface area contributed by atoms with Crippen LogP contribution in [-0.2, 0) is 11.2 Å². The number of nitrogens with zero attached hydrogens (tertiary/aromatic N) is 5. The Morgan fingerprint density at radius 3 is 2.63 bits per heavy atom. The number of anilines is 1. The van der Waals surface area contributed by atoms with Crippen molar-refractivity contribution < 1.29 is 19.1 Å². The zero-order valence-corrected chi connectivity index (χ0v) is 22.4. The van der Waals surface area contributed by atoms with Gasteiger partial charge in [0.1, 0.15) is 11.5 Å². The second-order valence-electron chi connectivity index (χ2n) is 10.8. The average Bonchev–Trinajstić information content (AvgIpc) is 3.49. The molecule has 1 unspecified atom stereocenters. The summed E-state index contributed by atoms with van der Waals surface area (Å²) in [7, 11) is 0. The third-order valence-electron chi connectivity index (χ3n) is 8.47. The number of carbonyl (C=O) groups is 2. The molecule has 0 aliphatic carbocycles. The van der Waals surface area contributed by atoms with E-state index in [0.717, 1.165) is 37.9 Å². The molecule has 0 spiro atoms. The van der Waals surface area contributed by atoms with Crippen molar-refractivity contribution in [3.8, 4) is 11.3 Å². The summed E-state index contributed by atoms with van der Waals surface area (Å²) in [6.45, 7) is 7.65. The Balaban J connectivity index is 1.44. The molecular weight excluding hydrogens is 485 g/mol. The molecular formula is C29H36FN5O3. The van der Waals surface area contributed by atoms with Crippen LogP contribution in [0.5, 0.6) is 0 Å². The molecule has 4 heterocycles. The van der Waals surface area contributed by atoms with Gasteiger partial charge in [-0.25, -0.2) is 13.9 Å². The van der Waals surface area contributed by atoms with E-state index in [1.54, 1.807) is 22.7 Å². The monoisotopic (exact) mass is 521 g/mol. The number of carboxylic acids is 1. The Hall–Kier alpha value is -3.49. The van der Waals surface area contributed by atoms with Gasteiger partial charge in [-0.2, -0.15) is 5.10 Å². The quantitative estimate of drug-likeness (QED) is 0.480. The number of aryl methyl sites for hydroxylation is 1. The predicted molar refractivity (Wildman–Crippen MR) is 144 cm³/mol. The maximum Gasteiger partial charge on any atom is 0.311 e. The number of benzene rings is 1. The molecule has 2 aliphatic rings. The molecule has 9 heteroatoms. The molecule has 0 radical (unpaired) electrons. The van der Waals surface area contributed by atoms with Crippen molar-refractivity contribution in [3.63, 3.8) is 0 Å². The molecule has 1 aromatic carbocycles. The molecule has 2 aromatic heterocycles. The van der Waals surface area contributed by atoms with Crippen LogP contribution < -0.4 is 4.90 Å². The normalized spacial score (nSPS) is 22.2. The predicted octanol–water partition coefficient (Wildman–Crippen LogP) is 5.19. The summed E-state index contributed by atoms with van der Waals surface area (Å²) >= 11 is 0. The van der Waals surface area contributed by atoms with E-state index in [4.69, 9.17) is 0 Å². The first-order chi connectivity index (χ1) is 18.3. The molecule has 2 saturated heterocycles. The number of carbonyl (C=O) groups excluding carboxylic acids is 1. The van der Waals surface area contributed by atoms with Crippen molar-refractivity contribution in [2.75, 3.05) is 24.5 Å². The lowest BCUT2D eigenvalue weighted by Crippen LogP contribution is -2.38. The van der Waals surface area contributed by atoms with Crippen LogP contribution in [0.15, 0.2) is 30.3 Å².